The number of hydrogen-bond donors (Lipinski definition) is 1. The van der Waals surface area contributed by atoms with Crippen LogP contribution in [0.25, 0.3) is 0 Å². The highest BCUT2D eigenvalue weighted by atomic mass is 32.2. The van der Waals surface area contributed by atoms with Crippen LogP contribution in [0.4, 0.5) is 11.4 Å². The number of fused-ring (bicyclic) bond motifs is 1. The van der Waals surface area contributed by atoms with E-state index >= 15 is 0 Å². The number of carbonyl (C=O) groups is 3. The lowest BCUT2D eigenvalue weighted by molar-refractivity contribution is -0.121. The summed E-state index contributed by atoms with van der Waals surface area (Å²) < 4.78 is 30.0. The summed E-state index contributed by atoms with van der Waals surface area (Å²) in [7, 11) is -2.40. The number of hydrogen-bond acceptors (Lipinski definition) is 6. The van der Waals surface area contributed by atoms with E-state index in [1.54, 1.807) is 12.1 Å². The van der Waals surface area contributed by atoms with E-state index in [0.717, 1.165) is 0 Å². The Morgan fingerprint density at radius 1 is 1.14 bits per heavy atom. The maximum Gasteiger partial charge on any atom is 0.337 e. The Morgan fingerprint density at radius 3 is 2.45 bits per heavy atom. The van der Waals surface area contributed by atoms with Crippen LogP contribution in [0.5, 0.6) is 0 Å². The van der Waals surface area contributed by atoms with Crippen molar-refractivity contribution in [2.45, 2.75) is 23.5 Å². The minimum atomic E-state index is -3.67. The van der Waals surface area contributed by atoms with Gasteiger partial charge in [0.25, 0.3) is 0 Å². The van der Waals surface area contributed by atoms with Crippen molar-refractivity contribution in [2.75, 3.05) is 23.9 Å². The van der Waals surface area contributed by atoms with Crippen LogP contribution in [0.15, 0.2) is 53.4 Å². The van der Waals surface area contributed by atoms with E-state index in [0.29, 0.717) is 11.3 Å². The number of benzene rings is 2. The molecule has 2 aromatic carbocycles. The normalized spacial score (nSPS) is 17.8. The summed E-state index contributed by atoms with van der Waals surface area (Å²) in [6.07, 6.45) is -0.210. The fourth-order valence-electron chi connectivity index (χ4n) is 3.06. The molecule has 0 aromatic heterocycles. The molecule has 1 atom stereocenters. The van der Waals surface area contributed by atoms with Gasteiger partial charge in [0, 0.05) is 12.1 Å². The molecule has 152 valence electrons. The Morgan fingerprint density at radius 2 is 1.79 bits per heavy atom. The Balaban J connectivity index is 1.82. The summed E-state index contributed by atoms with van der Waals surface area (Å²) in [4.78, 5) is 37.9. The van der Waals surface area contributed by atoms with Crippen molar-refractivity contribution < 1.29 is 27.5 Å². The average Bonchev–Trinajstić information content (AvgIpc) is 2.77. The van der Waals surface area contributed by atoms with Gasteiger partial charge in [-0.3, -0.25) is 9.59 Å². The van der Waals surface area contributed by atoms with Gasteiger partial charge in [-0.05, 0) is 43.3 Å². The first kappa shape index (κ1) is 20.5. The molecule has 3 rings (SSSR count). The SMILES string of the molecule is COC(=O)c1ccc(NC(=O)CN2C(=O)C[C@H](C)S(=O)(=O)c3ccccc32)cc1. The van der Waals surface area contributed by atoms with Gasteiger partial charge in [0.15, 0.2) is 9.84 Å². The number of esters is 1. The standard InChI is InChI=1S/C20H20N2O6S/c1-13-11-19(24)22(16-5-3-4-6-17(16)29(13,26)27)12-18(23)21-15-9-7-14(8-10-15)20(25)28-2/h3-10,13H,11-12H2,1-2H3,(H,21,23)/t13-/m0/s1. The van der Waals surface area contributed by atoms with Gasteiger partial charge in [0.1, 0.15) is 6.54 Å². The van der Waals surface area contributed by atoms with Crippen molar-refractivity contribution in [3.63, 3.8) is 0 Å². The largest absolute Gasteiger partial charge is 0.465 e. The number of anilines is 2. The molecule has 1 N–H and O–H groups in total. The number of ether oxygens (including phenoxy) is 1. The lowest BCUT2D eigenvalue weighted by Crippen LogP contribution is -2.38. The van der Waals surface area contributed by atoms with E-state index in [9.17, 15) is 22.8 Å². The lowest BCUT2D eigenvalue weighted by atomic mass is 10.2. The number of rotatable bonds is 4. The van der Waals surface area contributed by atoms with E-state index in [1.165, 1.54) is 55.3 Å². The Labute approximate surface area is 168 Å². The van der Waals surface area contributed by atoms with Crippen molar-refractivity contribution in [2.24, 2.45) is 0 Å². The van der Waals surface area contributed by atoms with E-state index in [1.807, 2.05) is 0 Å². The van der Waals surface area contributed by atoms with Gasteiger partial charge >= 0.3 is 5.97 Å². The minimum absolute atomic E-state index is 0.0357. The van der Waals surface area contributed by atoms with Crippen molar-refractivity contribution in [3.05, 3.63) is 54.1 Å². The van der Waals surface area contributed by atoms with Crippen molar-refractivity contribution in [3.8, 4) is 0 Å². The summed E-state index contributed by atoms with van der Waals surface area (Å²) in [6.45, 7) is 1.15. The van der Waals surface area contributed by atoms with Crippen LogP contribution < -0.4 is 10.2 Å². The maximum absolute atomic E-state index is 12.7. The van der Waals surface area contributed by atoms with Gasteiger partial charge in [0.2, 0.25) is 11.8 Å². The summed E-state index contributed by atoms with van der Waals surface area (Å²) in [6, 6.07) is 12.2. The molecule has 29 heavy (non-hydrogen) atoms. The summed E-state index contributed by atoms with van der Waals surface area (Å²) in [5.74, 6) is -1.43. The minimum Gasteiger partial charge on any atom is -0.465 e. The smallest absolute Gasteiger partial charge is 0.337 e. The predicted octanol–water partition coefficient (Wildman–Crippen LogP) is 2.01. The second-order valence-electron chi connectivity index (χ2n) is 6.62. The molecular formula is C20H20N2O6S. The lowest BCUT2D eigenvalue weighted by Gasteiger charge is -2.21. The second-order valence-corrected chi connectivity index (χ2v) is 8.96. The van der Waals surface area contributed by atoms with E-state index in [-0.39, 0.29) is 23.5 Å². The molecule has 1 aliphatic heterocycles. The molecule has 0 radical (unpaired) electrons. The summed E-state index contributed by atoms with van der Waals surface area (Å²) in [5.41, 5.74) is 0.957. The number of nitrogens with one attached hydrogen (secondary N) is 1. The van der Waals surface area contributed by atoms with Crippen molar-refractivity contribution >= 4 is 39.0 Å². The van der Waals surface area contributed by atoms with Crippen LogP contribution in [0.3, 0.4) is 0 Å². The molecule has 1 aliphatic rings. The number of amides is 2. The topological polar surface area (TPSA) is 110 Å². The van der Waals surface area contributed by atoms with Gasteiger partial charge in [-0.15, -0.1) is 0 Å². The van der Waals surface area contributed by atoms with Gasteiger partial charge in [-0.25, -0.2) is 13.2 Å². The van der Waals surface area contributed by atoms with Gasteiger partial charge in [0.05, 0.1) is 28.5 Å². The average molecular weight is 416 g/mol. The summed E-state index contributed by atoms with van der Waals surface area (Å²) in [5, 5.41) is 1.76. The van der Waals surface area contributed by atoms with Gasteiger partial charge < -0.3 is 15.0 Å². The fraction of sp³-hybridized carbons (Fsp3) is 0.250. The van der Waals surface area contributed by atoms with E-state index < -0.39 is 32.9 Å². The van der Waals surface area contributed by atoms with Crippen LogP contribution in [-0.4, -0.2) is 45.1 Å². The quantitative estimate of drug-likeness (QED) is 0.764. The Hall–Kier alpha value is -3.20. The van der Waals surface area contributed by atoms with E-state index in [2.05, 4.69) is 10.1 Å². The third kappa shape index (κ3) is 4.14. The first-order valence-electron chi connectivity index (χ1n) is 8.85. The van der Waals surface area contributed by atoms with Crippen molar-refractivity contribution in [1.82, 2.24) is 0 Å². The van der Waals surface area contributed by atoms with Crippen LogP contribution in [0, 0.1) is 0 Å². The number of carbonyl (C=O) groups excluding carboxylic acids is 3. The molecule has 2 aromatic rings. The number of nitrogens with zero attached hydrogens (tertiary/aromatic N) is 1. The van der Waals surface area contributed by atoms with Gasteiger partial charge in [-0.1, -0.05) is 12.1 Å². The Kier molecular flexibility index (Phi) is 5.69. The van der Waals surface area contributed by atoms with Crippen molar-refractivity contribution in [1.29, 1.82) is 0 Å². The number of methoxy groups -OCH3 is 1. The molecule has 0 saturated carbocycles. The molecule has 0 bridgehead atoms. The first-order valence-corrected chi connectivity index (χ1v) is 10.4. The molecule has 0 unspecified atom stereocenters. The van der Waals surface area contributed by atoms with E-state index in [4.69, 9.17) is 0 Å². The third-order valence-electron chi connectivity index (χ3n) is 4.65. The highest BCUT2D eigenvalue weighted by Crippen LogP contribution is 2.33. The molecule has 1 heterocycles. The predicted molar refractivity (Wildman–Crippen MR) is 106 cm³/mol. The third-order valence-corrected chi connectivity index (χ3v) is 6.83. The molecule has 0 fully saturated rings. The van der Waals surface area contributed by atoms with Gasteiger partial charge in [-0.2, -0.15) is 0 Å². The Bertz CT molecular complexity index is 1060. The monoisotopic (exact) mass is 416 g/mol. The molecule has 0 aliphatic carbocycles. The maximum atomic E-state index is 12.7. The number of sulfone groups is 1. The highest BCUT2D eigenvalue weighted by molar-refractivity contribution is 7.92. The number of para-hydroxylation sites is 1. The first-order chi connectivity index (χ1) is 13.7. The van der Waals surface area contributed by atoms with Crippen LogP contribution in [0.2, 0.25) is 0 Å². The second kappa shape index (κ2) is 8.04. The molecular weight excluding hydrogens is 396 g/mol. The fourth-order valence-corrected chi connectivity index (χ4v) is 4.60. The zero-order chi connectivity index (χ0) is 21.2. The van der Waals surface area contributed by atoms with Crippen LogP contribution >= 0.6 is 0 Å². The zero-order valence-corrected chi connectivity index (χ0v) is 16.7. The highest BCUT2D eigenvalue weighted by Gasteiger charge is 2.36. The zero-order valence-electron chi connectivity index (χ0n) is 15.9. The molecule has 0 saturated heterocycles. The van der Waals surface area contributed by atoms with Crippen LogP contribution in [0.1, 0.15) is 23.7 Å². The molecule has 0 spiro atoms. The molecule has 2 amide bonds. The molecule has 8 nitrogen and oxygen atoms in total. The molecule has 9 heteroatoms. The van der Waals surface area contributed by atoms with Crippen LogP contribution in [-0.2, 0) is 24.2 Å². The summed E-state index contributed by atoms with van der Waals surface area (Å²) >= 11 is 0.